The zero-order valence-electron chi connectivity index (χ0n) is 10.4. The molecule has 1 aromatic carbocycles. The van der Waals surface area contributed by atoms with Crippen molar-refractivity contribution in [3.63, 3.8) is 0 Å². The van der Waals surface area contributed by atoms with Crippen LogP contribution >= 0.6 is 15.9 Å². The van der Waals surface area contributed by atoms with Gasteiger partial charge in [0.15, 0.2) is 0 Å². The number of rotatable bonds is 3. The highest BCUT2D eigenvalue weighted by molar-refractivity contribution is 9.10. The van der Waals surface area contributed by atoms with Crippen LogP contribution in [0.2, 0.25) is 0 Å². The molecule has 1 fully saturated rings. The van der Waals surface area contributed by atoms with Crippen molar-refractivity contribution in [3.8, 4) is 0 Å². The van der Waals surface area contributed by atoms with Crippen molar-refractivity contribution < 1.29 is 13.2 Å². The van der Waals surface area contributed by atoms with Gasteiger partial charge in [0.1, 0.15) is 0 Å². The van der Waals surface area contributed by atoms with Crippen LogP contribution in [0.1, 0.15) is 17.5 Å². The minimum absolute atomic E-state index is 0.327. The summed E-state index contributed by atoms with van der Waals surface area (Å²) in [6, 6.07) is 4.34. The van der Waals surface area contributed by atoms with Gasteiger partial charge in [-0.05, 0) is 43.1 Å². The summed E-state index contributed by atoms with van der Waals surface area (Å²) in [6.45, 7) is 2.53. The third-order valence-electron chi connectivity index (χ3n) is 3.47. The summed E-state index contributed by atoms with van der Waals surface area (Å²) in [7, 11) is 0. The SMILES string of the molecule is NCC1CCN(Cc2ccc(Br)cc2C(F)(F)F)C1. The Morgan fingerprint density at radius 1 is 1.37 bits per heavy atom. The quantitative estimate of drug-likeness (QED) is 0.918. The summed E-state index contributed by atoms with van der Waals surface area (Å²) in [4.78, 5) is 2.04. The predicted octanol–water partition coefficient (Wildman–Crippen LogP) is 3.25. The molecule has 0 spiro atoms. The Hall–Kier alpha value is -0.590. The predicted molar refractivity (Wildman–Crippen MR) is 71.6 cm³/mol. The molecule has 6 heteroatoms. The summed E-state index contributed by atoms with van der Waals surface area (Å²) in [5, 5.41) is 0. The average molecular weight is 337 g/mol. The maximum Gasteiger partial charge on any atom is 0.416 e. The monoisotopic (exact) mass is 336 g/mol. The largest absolute Gasteiger partial charge is 0.416 e. The second-order valence-electron chi connectivity index (χ2n) is 4.92. The number of nitrogens with zero attached hydrogens (tertiary/aromatic N) is 1. The molecule has 2 rings (SSSR count). The number of nitrogens with two attached hydrogens (primary N) is 1. The van der Waals surface area contributed by atoms with Crippen LogP contribution in [0.25, 0.3) is 0 Å². The highest BCUT2D eigenvalue weighted by Gasteiger charge is 2.34. The van der Waals surface area contributed by atoms with Crippen LogP contribution in [0.15, 0.2) is 22.7 Å². The van der Waals surface area contributed by atoms with Gasteiger partial charge < -0.3 is 5.73 Å². The van der Waals surface area contributed by atoms with Crippen LogP contribution < -0.4 is 5.73 Å². The first kappa shape index (κ1) is 14.8. The summed E-state index contributed by atoms with van der Waals surface area (Å²) >= 11 is 3.09. The van der Waals surface area contributed by atoms with E-state index < -0.39 is 11.7 Å². The Morgan fingerprint density at radius 3 is 2.68 bits per heavy atom. The molecule has 1 heterocycles. The van der Waals surface area contributed by atoms with E-state index in [2.05, 4.69) is 15.9 Å². The molecule has 1 aliphatic rings. The van der Waals surface area contributed by atoms with E-state index in [1.807, 2.05) is 4.90 Å². The van der Waals surface area contributed by atoms with Crippen LogP contribution in [0.3, 0.4) is 0 Å². The molecular weight excluding hydrogens is 321 g/mol. The molecule has 2 N–H and O–H groups in total. The summed E-state index contributed by atoms with van der Waals surface area (Å²) in [5.41, 5.74) is 5.37. The van der Waals surface area contributed by atoms with Crippen molar-refractivity contribution >= 4 is 15.9 Å². The Bertz CT molecular complexity index is 448. The van der Waals surface area contributed by atoms with Crippen LogP contribution in [-0.4, -0.2) is 24.5 Å². The van der Waals surface area contributed by atoms with Crippen LogP contribution in [0.4, 0.5) is 13.2 Å². The lowest BCUT2D eigenvalue weighted by molar-refractivity contribution is -0.138. The standard InChI is InChI=1S/C13H16BrF3N2/c14-11-2-1-10(12(5-11)13(15,16)17)8-19-4-3-9(6-18)7-19/h1-2,5,9H,3-4,6-8,18H2. The van der Waals surface area contributed by atoms with E-state index in [1.165, 1.54) is 0 Å². The van der Waals surface area contributed by atoms with Gasteiger partial charge in [-0.25, -0.2) is 0 Å². The van der Waals surface area contributed by atoms with Crippen LogP contribution in [-0.2, 0) is 12.7 Å². The molecule has 1 atom stereocenters. The normalized spacial score (nSPS) is 21.0. The number of hydrogen-bond donors (Lipinski definition) is 1. The lowest BCUT2D eigenvalue weighted by Gasteiger charge is -2.19. The highest BCUT2D eigenvalue weighted by Crippen LogP contribution is 2.34. The number of halogens is 4. The molecular formula is C13H16BrF3N2. The van der Waals surface area contributed by atoms with Crippen molar-refractivity contribution in [2.24, 2.45) is 11.7 Å². The fourth-order valence-corrected chi connectivity index (χ4v) is 2.80. The molecule has 1 saturated heterocycles. The van der Waals surface area contributed by atoms with Gasteiger partial charge in [-0.3, -0.25) is 4.90 Å². The van der Waals surface area contributed by atoms with Crippen molar-refractivity contribution in [2.75, 3.05) is 19.6 Å². The Morgan fingerprint density at radius 2 is 2.11 bits per heavy atom. The Kier molecular flexibility index (Phi) is 4.53. The fraction of sp³-hybridized carbons (Fsp3) is 0.538. The van der Waals surface area contributed by atoms with E-state index in [9.17, 15) is 13.2 Å². The first-order chi connectivity index (χ1) is 8.90. The van der Waals surface area contributed by atoms with E-state index in [4.69, 9.17) is 5.73 Å². The first-order valence-electron chi connectivity index (χ1n) is 6.18. The number of hydrogen-bond acceptors (Lipinski definition) is 2. The first-order valence-corrected chi connectivity index (χ1v) is 6.97. The molecule has 0 amide bonds. The number of benzene rings is 1. The molecule has 106 valence electrons. The van der Waals surface area contributed by atoms with Gasteiger partial charge in [0.2, 0.25) is 0 Å². The third-order valence-corrected chi connectivity index (χ3v) is 3.97. The van der Waals surface area contributed by atoms with Crippen molar-refractivity contribution in [2.45, 2.75) is 19.1 Å². The van der Waals surface area contributed by atoms with E-state index >= 15 is 0 Å². The molecule has 19 heavy (non-hydrogen) atoms. The maximum atomic E-state index is 13.0. The zero-order chi connectivity index (χ0) is 14.0. The molecule has 1 aliphatic heterocycles. The zero-order valence-corrected chi connectivity index (χ0v) is 12.0. The Balaban J connectivity index is 2.16. The van der Waals surface area contributed by atoms with Crippen molar-refractivity contribution in [1.82, 2.24) is 4.90 Å². The molecule has 0 aromatic heterocycles. The van der Waals surface area contributed by atoms with E-state index in [0.717, 1.165) is 25.6 Å². The molecule has 0 bridgehead atoms. The summed E-state index contributed by atoms with van der Waals surface area (Å²) in [6.07, 6.45) is -3.35. The van der Waals surface area contributed by atoms with Gasteiger partial charge in [-0.2, -0.15) is 13.2 Å². The molecule has 0 aliphatic carbocycles. The molecule has 1 unspecified atom stereocenters. The van der Waals surface area contributed by atoms with E-state index in [0.29, 0.717) is 29.0 Å². The van der Waals surface area contributed by atoms with Crippen LogP contribution in [0.5, 0.6) is 0 Å². The van der Waals surface area contributed by atoms with Gasteiger partial charge in [-0.1, -0.05) is 22.0 Å². The minimum Gasteiger partial charge on any atom is -0.330 e. The van der Waals surface area contributed by atoms with E-state index in [-0.39, 0.29) is 0 Å². The summed E-state index contributed by atoms with van der Waals surface area (Å²) < 4.78 is 39.4. The number of alkyl halides is 3. The van der Waals surface area contributed by atoms with Crippen LogP contribution in [0, 0.1) is 5.92 Å². The third kappa shape index (κ3) is 3.70. The average Bonchev–Trinajstić information content (AvgIpc) is 2.78. The van der Waals surface area contributed by atoms with E-state index in [1.54, 1.807) is 12.1 Å². The fourth-order valence-electron chi connectivity index (χ4n) is 2.44. The minimum atomic E-state index is -4.31. The van der Waals surface area contributed by atoms with Gasteiger partial charge in [0.05, 0.1) is 5.56 Å². The Labute approximate surface area is 118 Å². The maximum absolute atomic E-state index is 13.0. The number of likely N-dealkylation sites (tertiary alicyclic amines) is 1. The highest BCUT2D eigenvalue weighted by atomic mass is 79.9. The topological polar surface area (TPSA) is 29.3 Å². The van der Waals surface area contributed by atoms with Crippen molar-refractivity contribution in [3.05, 3.63) is 33.8 Å². The van der Waals surface area contributed by atoms with Crippen molar-refractivity contribution in [1.29, 1.82) is 0 Å². The molecule has 2 nitrogen and oxygen atoms in total. The van der Waals surface area contributed by atoms with Gasteiger partial charge in [-0.15, -0.1) is 0 Å². The molecule has 1 aromatic rings. The lowest BCUT2D eigenvalue weighted by Crippen LogP contribution is -2.24. The van der Waals surface area contributed by atoms with Gasteiger partial charge >= 0.3 is 6.18 Å². The molecule has 0 saturated carbocycles. The molecule has 0 radical (unpaired) electrons. The van der Waals surface area contributed by atoms with Gasteiger partial charge in [0.25, 0.3) is 0 Å². The summed E-state index contributed by atoms with van der Waals surface area (Å²) in [5.74, 6) is 0.407. The second kappa shape index (κ2) is 5.81. The lowest BCUT2D eigenvalue weighted by atomic mass is 10.1. The smallest absolute Gasteiger partial charge is 0.330 e. The van der Waals surface area contributed by atoms with Gasteiger partial charge in [0, 0.05) is 17.6 Å². The second-order valence-corrected chi connectivity index (χ2v) is 5.84.